The summed E-state index contributed by atoms with van der Waals surface area (Å²) < 4.78 is 33.4. The van der Waals surface area contributed by atoms with Crippen LogP contribution in [-0.4, -0.2) is 27.3 Å². The molecule has 1 aliphatic heterocycles. The minimum atomic E-state index is -3.67. The summed E-state index contributed by atoms with van der Waals surface area (Å²) in [7, 11) is -3.67. The van der Waals surface area contributed by atoms with Gasteiger partial charge in [0.15, 0.2) is 0 Å². The number of rotatable bonds is 5. The van der Waals surface area contributed by atoms with E-state index in [4.69, 9.17) is 4.74 Å². The van der Waals surface area contributed by atoms with Crippen molar-refractivity contribution in [3.05, 3.63) is 42.5 Å². The zero-order valence-corrected chi connectivity index (χ0v) is 15.6. The van der Waals surface area contributed by atoms with Gasteiger partial charge in [-0.1, -0.05) is 12.1 Å². The molecule has 2 aromatic carbocycles. The van der Waals surface area contributed by atoms with Crippen molar-refractivity contribution in [3.63, 3.8) is 0 Å². The van der Waals surface area contributed by atoms with E-state index in [1.54, 1.807) is 42.1 Å². The minimum absolute atomic E-state index is 0. The molecule has 2 N–H and O–H groups in total. The largest absolute Gasteiger partial charge is 0.492 e. The maximum Gasteiger partial charge on any atom is 0.262 e. The molecule has 5 nitrogen and oxygen atoms in total. The quantitative estimate of drug-likeness (QED) is 0.817. The molecular weight excluding hydrogens is 368 g/mol. The smallest absolute Gasteiger partial charge is 0.262 e. The van der Waals surface area contributed by atoms with Crippen LogP contribution in [0.15, 0.2) is 52.3 Å². The zero-order chi connectivity index (χ0) is 16.3. The summed E-state index contributed by atoms with van der Waals surface area (Å²) in [6.07, 6.45) is 0. The Hall–Kier alpha value is -1.57. The van der Waals surface area contributed by atoms with Gasteiger partial charge >= 0.3 is 0 Å². The number of ether oxygens (including phenoxy) is 1. The first-order valence-electron chi connectivity index (χ1n) is 7.35. The van der Waals surface area contributed by atoms with Crippen molar-refractivity contribution in [2.75, 3.05) is 28.9 Å². The van der Waals surface area contributed by atoms with E-state index >= 15 is 0 Å². The third kappa shape index (κ3) is 4.09. The Balaban J connectivity index is 0.00000208. The second kappa shape index (κ2) is 8.00. The molecule has 0 fully saturated rings. The molecule has 2 aromatic rings. The second-order valence-electron chi connectivity index (χ2n) is 4.97. The summed E-state index contributed by atoms with van der Waals surface area (Å²) in [6.45, 7) is 3.17. The van der Waals surface area contributed by atoms with Gasteiger partial charge < -0.3 is 10.1 Å². The highest BCUT2D eigenvalue weighted by molar-refractivity contribution is 7.99. The molecule has 0 bridgehead atoms. The number of nitrogens with one attached hydrogen (secondary N) is 2. The fourth-order valence-electron chi connectivity index (χ4n) is 2.32. The molecule has 1 aliphatic rings. The maximum atomic E-state index is 12.6. The molecule has 0 aliphatic carbocycles. The van der Waals surface area contributed by atoms with Gasteiger partial charge in [0, 0.05) is 22.9 Å². The molecule has 1 heterocycles. The van der Waals surface area contributed by atoms with Gasteiger partial charge in [-0.2, -0.15) is 0 Å². The Morgan fingerprint density at radius 3 is 2.83 bits per heavy atom. The fourth-order valence-corrected chi connectivity index (χ4v) is 4.29. The fraction of sp³-hybridized carbons (Fsp3) is 0.250. The minimum Gasteiger partial charge on any atom is -0.492 e. The lowest BCUT2D eigenvalue weighted by atomic mass is 10.3. The van der Waals surface area contributed by atoms with Crippen molar-refractivity contribution in [1.29, 1.82) is 0 Å². The lowest BCUT2D eigenvalue weighted by Gasteiger charge is -2.18. The highest BCUT2D eigenvalue weighted by Crippen LogP contribution is 2.33. The average molecular weight is 387 g/mol. The van der Waals surface area contributed by atoms with Crippen molar-refractivity contribution in [2.24, 2.45) is 0 Å². The van der Waals surface area contributed by atoms with E-state index in [0.29, 0.717) is 18.0 Å². The molecule has 0 aromatic heterocycles. The maximum absolute atomic E-state index is 12.6. The topological polar surface area (TPSA) is 67.4 Å². The summed E-state index contributed by atoms with van der Waals surface area (Å²) in [5.74, 6) is 1.50. The summed E-state index contributed by atoms with van der Waals surface area (Å²) in [5.41, 5.74) is 1.30. The van der Waals surface area contributed by atoms with E-state index in [1.807, 2.05) is 19.1 Å². The number of sulfonamides is 1. The van der Waals surface area contributed by atoms with Crippen LogP contribution in [0.5, 0.6) is 5.75 Å². The molecule has 8 heteroatoms. The first-order chi connectivity index (χ1) is 11.1. The van der Waals surface area contributed by atoms with Gasteiger partial charge in [0.2, 0.25) is 0 Å². The van der Waals surface area contributed by atoms with Crippen LogP contribution in [0.2, 0.25) is 0 Å². The lowest BCUT2D eigenvalue weighted by molar-refractivity contribution is 0.342. The molecule has 0 amide bonds. The van der Waals surface area contributed by atoms with Crippen molar-refractivity contribution in [3.8, 4) is 5.75 Å². The Morgan fingerprint density at radius 1 is 1.25 bits per heavy atom. The normalized spacial score (nSPS) is 13.2. The summed E-state index contributed by atoms with van der Waals surface area (Å²) in [6, 6.07) is 12.2. The zero-order valence-electron chi connectivity index (χ0n) is 13.1. The first kappa shape index (κ1) is 18.8. The average Bonchev–Trinajstić information content (AvgIpc) is 2.56. The van der Waals surface area contributed by atoms with Crippen molar-refractivity contribution in [1.82, 2.24) is 0 Å². The summed E-state index contributed by atoms with van der Waals surface area (Å²) in [4.78, 5) is 1.31. The molecule has 0 radical (unpaired) electrons. The number of thioether (sulfide) groups is 1. The third-order valence-electron chi connectivity index (χ3n) is 3.37. The molecule has 24 heavy (non-hydrogen) atoms. The number of hydrogen-bond acceptors (Lipinski definition) is 5. The molecule has 0 saturated carbocycles. The van der Waals surface area contributed by atoms with Crippen LogP contribution in [0.4, 0.5) is 11.4 Å². The van der Waals surface area contributed by atoms with Gasteiger partial charge in [-0.15, -0.1) is 24.2 Å². The molecule has 0 spiro atoms. The van der Waals surface area contributed by atoms with Crippen LogP contribution in [-0.2, 0) is 10.0 Å². The number of hydrogen-bond donors (Lipinski definition) is 2. The standard InChI is InChI=1S/C16H18N2O3S2.ClH/c1-2-21-15-6-4-3-5-13(15)18-23(19,20)12-7-8-16-14(11-12)17-9-10-22-16;/h3-8,11,17-18H,2,9-10H2,1H3;1H. The molecular formula is C16H19ClN2O3S2. The number of para-hydroxylation sites is 2. The van der Waals surface area contributed by atoms with E-state index < -0.39 is 10.0 Å². The Bertz CT molecular complexity index is 813. The van der Waals surface area contributed by atoms with Crippen LogP contribution < -0.4 is 14.8 Å². The van der Waals surface area contributed by atoms with Crippen LogP contribution in [0.25, 0.3) is 0 Å². The molecule has 130 valence electrons. The Labute approximate surface area is 152 Å². The van der Waals surface area contributed by atoms with Crippen LogP contribution >= 0.6 is 24.2 Å². The van der Waals surface area contributed by atoms with Crippen LogP contribution in [0.1, 0.15) is 6.92 Å². The van der Waals surface area contributed by atoms with Gasteiger partial charge in [0.05, 0.1) is 17.2 Å². The van der Waals surface area contributed by atoms with Gasteiger partial charge in [-0.25, -0.2) is 8.42 Å². The van der Waals surface area contributed by atoms with Crippen molar-refractivity contribution < 1.29 is 13.2 Å². The van der Waals surface area contributed by atoms with Crippen molar-refractivity contribution >= 4 is 45.6 Å². The number of fused-ring (bicyclic) bond motifs is 1. The monoisotopic (exact) mass is 386 g/mol. The first-order valence-corrected chi connectivity index (χ1v) is 9.82. The third-order valence-corrected chi connectivity index (χ3v) is 5.81. The second-order valence-corrected chi connectivity index (χ2v) is 7.79. The van der Waals surface area contributed by atoms with Gasteiger partial charge in [0.25, 0.3) is 10.0 Å². The summed E-state index contributed by atoms with van der Waals surface area (Å²) >= 11 is 1.72. The Morgan fingerprint density at radius 2 is 2.04 bits per heavy atom. The van der Waals surface area contributed by atoms with Gasteiger partial charge in [-0.05, 0) is 37.3 Å². The number of benzene rings is 2. The van der Waals surface area contributed by atoms with E-state index in [9.17, 15) is 8.42 Å². The molecule has 3 rings (SSSR count). The van der Waals surface area contributed by atoms with E-state index in [1.165, 1.54) is 0 Å². The predicted octanol–water partition coefficient (Wildman–Crippen LogP) is 3.83. The van der Waals surface area contributed by atoms with E-state index in [2.05, 4.69) is 10.0 Å². The molecule has 0 saturated heterocycles. The van der Waals surface area contributed by atoms with Crippen LogP contribution in [0, 0.1) is 0 Å². The SMILES string of the molecule is CCOc1ccccc1NS(=O)(=O)c1ccc2c(c1)NCCS2.Cl. The van der Waals surface area contributed by atoms with Crippen LogP contribution in [0.3, 0.4) is 0 Å². The van der Waals surface area contributed by atoms with E-state index in [-0.39, 0.29) is 17.3 Å². The summed E-state index contributed by atoms with van der Waals surface area (Å²) in [5, 5.41) is 3.23. The van der Waals surface area contributed by atoms with Gasteiger partial charge in [-0.3, -0.25) is 4.72 Å². The highest BCUT2D eigenvalue weighted by Gasteiger charge is 2.19. The molecule has 0 atom stereocenters. The van der Waals surface area contributed by atoms with E-state index in [0.717, 1.165) is 22.9 Å². The number of anilines is 2. The molecule has 0 unspecified atom stereocenters. The Kier molecular flexibility index (Phi) is 6.26. The lowest BCUT2D eigenvalue weighted by Crippen LogP contribution is -2.16. The highest BCUT2D eigenvalue weighted by atomic mass is 35.5. The number of halogens is 1. The van der Waals surface area contributed by atoms with Gasteiger partial charge in [0.1, 0.15) is 5.75 Å². The predicted molar refractivity (Wildman–Crippen MR) is 101 cm³/mol. The van der Waals surface area contributed by atoms with Crippen molar-refractivity contribution in [2.45, 2.75) is 16.7 Å².